The van der Waals surface area contributed by atoms with Crippen LogP contribution in [0.4, 0.5) is 14.9 Å². The van der Waals surface area contributed by atoms with Gasteiger partial charge in [0.2, 0.25) is 5.91 Å². The average molecular weight is 654 g/mol. The van der Waals surface area contributed by atoms with E-state index in [0.29, 0.717) is 38.5 Å². The Morgan fingerprint density at radius 1 is 1.00 bits per heavy atom. The van der Waals surface area contributed by atoms with Crippen LogP contribution < -0.4 is 15.7 Å². The first-order valence-corrected chi connectivity index (χ1v) is 16.2. The molecule has 0 bridgehead atoms. The molecule has 256 valence electrons. The zero-order valence-electron chi connectivity index (χ0n) is 29.0. The van der Waals surface area contributed by atoms with Crippen molar-refractivity contribution in [2.75, 3.05) is 57.9 Å². The molecule has 4 rings (SSSR count). The van der Waals surface area contributed by atoms with Crippen molar-refractivity contribution in [1.82, 2.24) is 20.2 Å². The van der Waals surface area contributed by atoms with Crippen LogP contribution in [0.25, 0.3) is 0 Å². The normalized spacial score (nSPS) is 16.1. The average Bonchev–Trinajstić information content (AvgIpc) is 3.41. The van der Waals surface area contributed by atoms with E-state index >= 15 is 0 Å². The van der Waals surface area contributed by atoms with Gasteiger partial charge in [0.15, 0.2) is 0 Å². The van der Waals surface area contributed by atoms with E-state index in [1.807, 2.05) is 57.8 Å². The number of benzene rings is 2. The van der Waals surface area contributed by atoms with Gasteiger partial charge in [-0.2, -0.15) is 0 Å². The van der Waals surface area contributed by atoms with Crippen molar-refractivity contribution in [2.45, 2.75) is 67.2 Å². The standard InChI is InChI=1S/C34H49BFN5O6/c1-9-39(32(44)47-33(3,4)5)14-15-41(29-13-11-27(16-24(29)2)35-45-22-34(6,7)23-46-35)31(43)19-37-18-30(42)38(8)40-20-25-10-12-28(36)17-26(25)21-40/h10-13,16-17,37H,9,14-15,18-23H2,1-8H3. The highest BCUT2D eigenvalue weighted by Gasteiger charge is 2.34. The largest absolute Gasteiger partial charge is 0.493 e. The highest BCUT2D eigenvalue weighted by atomic mass is 19.1. The summed E-state index contributed by atoms with van der Waals surface area (Å²) >= 11 is 0. The van der Waals surface area contributed by atoms with Crippen molar-refractivity contribution < 1.29 is 32.8 Å². The summed E-state index contributed by atoms with van der Waals surface area (Å²) in [7, 11) is 1.18. The molecular formula is C34H49BFN5O6. The highest BCUT2D eigenvalue weighted by Crippen LogP contribution is 2.25. The lowest BCUT2D eigenvalue weighted by Gasteiger charge is -2.33. The van der Waals surface area contributed by atoms with Gasteiger partial charge in [-0.3, -0.25) is 19.9 Å². The minimum Gasteiger partial charge on any atom is -0.444 e. The number of ether oxygens (including phenoxy) is 1. The van der Waals surface area contributed by atoms with E-state index in [-0.39, 0.29) is 49.2 Å². The molecule has 3 amide bonds. The lowest BCUT2D eigenvalue weighted by Crippen LogP contribution is -2.49. The van der Waals surface area contributed by atoms with Crippen LogP contribution in [0, 0.1) is 18.2 Å². The first-order chi connectivity index (χ1) is 22.1. The molecule has 0 spiro atoms. The number of nitrogens with one attached hydrogen (secondary N) is 1. The molecule has 0 radical (unpaired) electrons. The highest BCUT2D eigenvalue weighted by molar-refractivity contribution is 6.61. The van der Waals surface area contributed by atoms with E-state index < -0.39 is 18.8 Å². The topological polar surface area (TPSA) is 104 Å². The fourth-order valence-corrected chi connectivity index (χ4v) is 5.52. The number of amides is 3. The van der Waals surface area contributed by atoms with E-state index in [1.165, 1.54) is 17.1 Å². The Labute approximate surface area is 278 Å². The number of carbonyl (C=O) groups excluding carboxylic acids is 3. The van der Waals surface area contributed by atoms with Gasteiger partial charge in [0.1, 0.15) is 11.4 Å². The predicted octanol–water partition coefficient (Wildman–Crippen LogP) is 3.47. The lowest BCUT2D eigenvalue weighted by molar-refractivity contribution is -0.145. The van der Waals surface area contributed by atoms with Crippen LogP contribution in [0.1, 0.15) is 58.2 Å². The summed E-state index contributed by atoms with van der Waals surface area (Å²) in [5.74, 6) is -0.787. The SMILES string of the molecule is CCN(CCN(C(=O)CNCC(=O)N(C)N1Cc2ccc(F)cc2C1)c1ccc(B2OCC(C)(C)CO2)cc1C)C(=O)OC(C)(C)C. The van der Waals surface area contributed by atoms with Crippen molar-refractivity contribution in [3.05, 3.63) is 58.9 Å². The molecule has 0 aliphatic carbocycles. The van der Waals surface area contributed by atoms with Crippen molar-refractivity contribution in [3.63, 3.8) is 0 Å². The van der Waals surface area contributed by atoms with E-state index in [0.717, 1.165) is 22.2 Å². The molecule has 47 heavy (non-hydrogen) atoms. The van der Waals surface area contributed by atoms with Gasteiger partial charge >= 0.3 is 13.2 Å². The zero-order chi connectivity index (χ0) is 34.5. The number of hydrazine groups is 1. The lowest BCUT2D eigenvalue weighted by atomic mass is 9.75. The summed E-state index contributed by atoms with van der Waals surface area (Å²) in [5.41, 5.74) is 3.50. The third-order valence-corrected chi connectivity index (χ3v) is 8.17. The van der Waals surface area contributed by atoms with Gasteiger partial charge in [0.25, 0.3) is 5.91 Å². The number of hydrogen-bond acceptors (Lipinski definition) is 8. The number of aryl methyl sites for hydroxylation is 1. The smallest absolute Gasteiger partial charge is 0.444 e. The van der Waals surface area contributed by atoms with E-state index in [1.54, 1.807) is 22.9 Å². The molecule has 2 aliphatic rings. The number of rotatable bonds is 11. The van der Waals surface area contributed by atoms with Crippen LogP contribution in [-0.2, 0) is 36.7 Å². The number of hydrogen-bond donors (Lipinski definition) is 1. The Hall–Kier alpha value is -3.52. The molecule has 2 heterocycles. The fraction of sp³-hybridized carbons (Fsp3) is 0.559. The first-order valence-electron chi connectivity index (χ1n) is 16.2. The number of nitrogens with zero attached hydrogens (tertiary/aromatic N) is 4. The number of anilines is 1. The minimum atomic E-state index is -0.650. The second kappa shape index (κ2) is 15.1. The second-order valence-corrected chi connectivity index (χ2v) is 14.0. The second-order valence-electron chi connectivity index (χ2n) is 14.0. The Balaban J connectivity index is 1.43. The Kier molecular flexibility index (Phi) is 11.7. The maximum Gasteiger partial charge on any atom is 0.493 e. The predicted molar refractivity (Wildman–Crippen MR) is 179 cm³/mol. The molecule has 13 heteroatoms. The summed E-state index contributed by atoms with van der Waals surface area (Å²) in [5, 5.41) is 6.34. The van der Waals surface area contributed by atoms with Crippen molar-refractivity contribution in [3.8, 4) is 0 Å². The third-order valence-electron chi connectivity index (χ3n) is 8.17. The first kappa shape index (κ1) is 36.3. The van der Waals surface area contributed by atoms with Crippen LogP contribution in [0.15, 0.2) is 36.4 Å². The van der Waals surface area contributed by atoms with Gasteiger partial charge in [0.05, 0.1) is 13.1 Å². The molecule has 2 aromatic carbocycles. The molecule has 0 unspecified atom stereocenters. The van der Waals surface area contributed by atoms with Gasteiger partial charge in [-0.15, -0.1) is 0 Å². The Morgan fingerprint density at radius 3 is 2.30 bits per heavy atom. The molecule has 1 N–H and O–H groups in total. The van der Waals surface area contributed by atoms with Crippen LogP contribution in [0.2, 0.25) is 0 Å². The van der Waals surface area contributed by atoms with Crippen LogP contribution in [0.3, 0.4) is 0 Å². The summed E-state index contributed by atoms with van der Waals surface area (Å²) in [6, 6.07) is 10.4. The minimum absolute atomic E-state index is 0.0595. The molecule has 1 saturated heterocycles. The van der Waals surface area contributed by atoms with Gasteiger partial charge in [-0.05, 0) is 75.0 Å². The monoisotopic (exact) mass is 653 g/mol. The summed E-state index contributed by atoms with van der Waals surface area (Å²) in [6.07, 6.45) is -0.451. The number of likely N-dealkylation sites (N-methyl/N-ethyl adjacent to an activating group) is 2. The molecule has 0 atom stereocenters. The van der Waals surface area contributed by atoms with Gasteiger partial charge in [0, 0.05) is 64.1 Å². The Bertz CT molecular complexity index is 1440. The Morgan fingerprint density at radius 2 is 1.66 bits per heavy atom. The van der Waals surface area contributed by atoms with Crippen LogP contribution in [-0.4, -0.2) is 98.5 Å². The van der Waals surface area contributed by atoms with Gasteiger partial charge < -0.3 is 23.8 Å². The van der Waals surface area contributed by atoms with Crippen LogP contribution in [0.5, 0.6) is 0 Å². The summed E-state index contributed by atoms with van der Waals surface area (Å²) in [6.45, 7) is 16.2. The molecule has 1 fully saturated rings. The van der Waals surface area contributed by atoms with Crippen molar-refractivity contribution in [2.24, 2.45) is 5.41 Å². The van der Waals surface area contributed by atoms with E-state index in [4.69, 9.17) is 14.0 Å². The molecule has 0 aromatic heterocycles. The zero-order valence-corrected chi connectivity index (χ0v) is 29.0. The molecule has 2 aromatic rings. The van der Waals surface area contributed by atoms with Gasteiger partial charge in [-0.1, -0.05) is 32.0 Å². The molecule has 0 saturated carbocycles. The number of fused-ring (bicyclic) bond motifs is 1. The summed E-state index contributed by atoms with van der Waals surface area (Å²) < 4.78 is 31.2. The van der Waals surface area contributed by atoms with E-state index in [9.17, 15) is 18.8 Å². The molecule has 2 aliphatic heterocycles. The van der Waals surface area contributed by atoms with Gasteiger partial charge in [-0.25, -0.2) is 14.2 Å². The van der Waals surface area contributed by atoms with E-state index in [2.05, 4.69) is 19.2 Å². The molecule has 11 nitrogen and oxygen atoms in total. The maximum atomic E-state index is 13.8. The number of halogens is 1. The maximum absolute atomic E-state index is 13.8. The molecular weight excluding hydrogens is 604 g/mol. The summed E-state index contributed by atoms with van der Waals surface area (Å²) in [4.78, 5) is 42.8. The van der Waals surface area contributed by atoms with Crippen molar-refractivity contribution in [1.29, 1.82) is 0 Å². The van der Waals surface area contributed by atoms with Crippen molar-refractivity contribution >= 4 is 36.2 Å². The van der Waals surface area contributed by atoms with Crippen LogP contribution >= 0.6 is 0 Å². The quantitative estimate of drug-likeness (QED) is 0.368. The fourth-order valence-electron chi connectivity index (χ4n) is 5.52. The third kappa shape index (κ3) is 9.76. The number of carbonyl (C=O) groups is 3.